The van der Waals surface area contributed by atoms with Gasteiger partial charge in [-0.05, 0) is 44.9 Å². The first kappa shape index (κ1) is 21.7. The smallest absolute Gasteiger partial charge is 0.191 e. The van der Waals surface area contributed by atoms with E-state index in [0.29, 0.717) is 11.7 Å². The molecule has 2 rings (SSSR count). The second-order valence-corrected chi connectivity index (χ2v) is 6.00. The maximum Gasteiger partial charge on any atom is 0.191 e. The number of hydrogen-bond acceptors (Lipinski definition) is 3. The molecule has 6 nitrogen and oxygen atoms in total. The van der Waals surface area contributed by atoms with Crippen molar-refractivity contribution in [1.29, 1.82) is 0 Å². The fourth-order valence-electron chi connectivity index (χ4n) is 2.35. The first-order valence-corrected chi connectivity index (χ1v) is 8.60. The van der Waals surface area contributed by atoms with Crippen LogP contribution in [0.15, 0.2) is 29.4 Å². The molecule has 0 atom stereocenters. The van der Waals surface area contributed by atoms with Crippen molar-refractivity contribution in [1.82, 2.24) is 25.4 Å². The summed E-state index contributed by atoms with van der Waals surface area (Å²) in [5.41, 5.74) is 3.29. The molecule has 2 aromatic heterocycles. The van der Waals surface area contributed by atoms with Crippen molar-refractivity contribution in [2.45, 2.75) is 40.3 Å². The number of aromatic nitrogens is 3. The Kier molecular flexibility index (Phi) is 9.81. The highest BCUT2D eigenvalue weighted by Gasteiger charge is 2.01. The van der Waals surface area contributed by atoms with Crippen molar-refractivity contribution in [2.75, 3.05) is 13.1 Å². The van der Waals surface area contributed by atoms with Crippen molar-refractivity contribution in [3.05, 3.63) is 46.5 Å². The van der Waals surface area contributed by atoms with Gasteiger partial charge in [-0.25, -0.2) is 9.98 Å². The summed E-state index contributed by atoms with van der Waals surface area (Å²) in [6, 6.07) is 5.81. The Morgan fingerprint density at radius 2 is 2.08 bits per heavy atom. The van der Waals surface area contributed by atoms with Crippen LogP contribution in [0.2, 0.25) is 5.15 Å². The van der Waals surface area contributed by atoms with Crippen molar-refractivity contribution >= 4 is 41.5 Å². The largest absolute Gasteiger partial charge is 0.357 e. The zero-order valence-corrected chi connectivity index (χ0v) is 18.0. The minimum absolute atomic E-state index is 0. The van der Waals surface area contributed by atoms with Crippen LogP contribution in [0.25, 0.3) is 0 Å². The monoisotopic (exact) mass is 476 g/mol. The number of halogens is 2. The van der Waals surface area contributed by atoms with Crippen molar-refractivity contribution in [3.8, 4) is 0 Å². The van der Waals surface area contributed by atoms with E-state index < -0.39 is 0 Å². The molecule has 0 fully saturated rings. The zero-order chi connectivity index (χ0) is 17.4. The van der Waals surface area contributed by atoms with E-state index in [9.17, 15) is 0 Å². The molecule has 8 heteroatoms. The average Bonchev–Trinajstić information content (AvgIpc) is 2.88. The van der Waals surface area contributed by atoms with Gasteiger partial charge >= 0.3 is 0 Å². The molecule has 0 aliphatic heterocycles. The Hall–Kier alpha value is -1.35. The van der Waals surface area contributed by atoms with Crippen LogP contribution in [0.1, 0.15) is 30.3 Å². The predicted molar refractivity (Wildman–Crippen MR) is 114 cm³/mol. The number of aliphatic imine (C=N–C) groups is 1. The molecule has 0 amide bonds. The second-order valence-electron chi connectivity index (χ2n) is 5.61. The number of rotatable bonds is 7. The highest BCUT2D eigenvalue weighted by atomic mass is 127. The highest BCUT2D eigenvalue weighted by Crippen LogP contribution is 2.06. The standard InChI is InChI=1S/C17H25ClN6.HI/c1-4-19-17(22-12-15-6-7-16(18)21-11-15)20-8-5-9-24-14(3)10-13(2)23-24;/h6-7,10-11H,4-5,8-9,12H2,1-3H3,(H2,19,20,22);1H. The molecule has 0 aliphatic rings. The summed E-state index contributed by atoms with van der Waals surface area (Å²) in [4.78, 5) is 8.64. The third kappa shape index (κ3) is 7.60. The molecule has 0 aromatic carbocycles. The van der Waals surface area contributed by atoms with Gasteiger partial charge in [-0.2, -0.15) is 5.10 Å². The van der Waals surface area contributed by atoms with Crippen LogP contribution in [0.5, 0.6) is 0 Å². The summed E-state index contributed by atoms with van der Waals surface area (Å²) < 4.78 is 2.04. The normalized spacial score (nSPS) is 11.1. The van der Waals surface area contributed by atoms with E-state index in [2.05, 4.69) is 45.6 Å². The van der Waals surface area contributed by atoms with Gasteiger partial charge < -0.3 is 10.6 Å². The summed E-state index contributed by atoms with van der Waals surface area (Å²) >= 11 is 5.79. The van der Waals surface area contributed by atoms with Gasteiger partial charge in [0.2, 0.25) is 0 Å². The molecule has 2 heterocycles. The number of aryl methyl sites for hydroxylation is 3. The maximum atomic E-state index is 5.79. The van der Waals surface area contributed by atoms with E-state index in [1.165, 1.54) is 5.69 Å². The molecular formula is C17H26ClIN6. The molecule has 2 N–H and O–H groups in total. The predicted octanol–water partition coefficient (Wildman–Crippen LogP) is 3.31. The Bertz CT molecular complexity index is 668. The summed E-state index contributed by atoms with van der Waals surface area (Å²) in [6.07, 6.45) is 2.73. The van der Waals surface area contributed by atoms with Crippen molar-refractivity contribution in [3.63, 3.8) is 0 Å². The molecule has 138 valence electrons. The molecular weight excluding hydrogens is 451 g/mol. The Morgan fingerprint density at radius 3 is 2.68 bits per heavy atom. The molecule has 0 unspecified atom stereocenters. The minimum atomic E-state index is 0. The van der Waals surface area contributed by atoms with Crippen LogP contribution in [0, 0.1) is 13.8 Å². The summed E-state index contributed by atoms with van der Waals surface area (Å²) in [7, 11) is 0. The van der Waals surface area contributed by atoms with Gasteiger partial charge in [0.05, 0.1) is 12.2 Å². The molecule has 0 saturated heterocycles. The first-order chi connectivity index (χ1) is 11.6. The zero-order valence-electron chi connectivity index (χ0n) is 14.9. The quantitative estimate of drug-likeness (QED) is 0.212. The van der Waals surface area contributed by atoms with Crippen LogP contribution in [-0.4, -0.2) is 33.8 Å². The molecule has 0 radical (unpaired) electrons. The fraction of sp³-hybridized carbons (Fsp3) is 0.471. The lowest BCUT2D eigenvalue weighted by Crippen LogP contribution is -2.38. The van der Waals surface area contributed by atoms with Gasteiger partial charge in [0, 0.05) is 31.5 Å². The average molecular weight is 477 g/mol. The third-order valence-electron chi connectivity index (χ3n) is 3.50. The van der Waals surface area contributed by atoms with E-state index >= 15 is 0 Å². The van der Waals surface area contributed by atoms with Crippen LogP contribution >= 0.6 is 35.6 Å². The lowest BCUT2D eigenvalue weighted by Gasteiger charge is -2.11. The van der Waals surface area contributed by atoms with Gasteiger partial charge in [0.15, 0.2) is 5.96 Å². The lowest BCUT2D eigenvalue weighted by molar-refractivity contribution is 0.555. The van der Waals surface area contributed by atoms with E-state index in [0.717, 1.165) is 43.3 Å². The molecule has 2 aromatic rings. The number of hydrogen-bond donors (Lipinski definition) is 2. The van der Waals surface area contributed by atoms with E-state index in [1.807, 2.05) is 17.7 Å². The van der Waals surface area contributed by atoms with Crippen LogP contribution in [-0.2, 0) is 13.1 Å². The molecule has 0 aliphatic carbocycles. The molecule has 0 saturated carbocycles. The van der Waals surface area contributed by atoms with E-state index in [1.54, 1.807) is 12.3 Å². The Morgan fingerprint density at radius 1 is 1.28 bits per heavy atom. The van der Waals surface area contributed by atoms with E-state index in [4.69, 9.17) is 11.6 Å². The van der Waals surface area contributed by atoms with E-state index in [-0.39, 0.29) is 24.0 Å². The molecule has 25 heavy (non-hydrogen) atoms. The first-order valence-electron chi connectivity index (χ1n) is 8.22. The van der Waals surface area contributed by atoms with Crippen molar-refractivity contribution < 1.29 is 0 Å². The Labute approximate surface area is 171 Å². The maximum absolute atomic E-state index is 5.79. The minimum Gasteiger partial charge on any atom is -0.357 e. The second kappa shape index (κ2) is 11.3. The van der Waals surface area contributed by atoms with Crippen LogP contribution < -0.4 is 10.6 Å². The highest BCUT2D eigenvalue weighted by molar-refractivity contribution is 14.0. The van der Waals surface area contributed by atoms with Gasteiger partial charge in [-0.1, -0.05) is 17.7 Å². The van der Waals surface area contributed by atoms with Gasteiger partial charge in [0.25, 0.3) is 0 Å². The topological polar surface area (TPSA) is 67.1 Å². The van der Waals surface area contributed by atoms with Crippen molar-refractivity contribution in [2.24, 2.45) is 4.99 Å². The number of nitrogens with one attached hydrogen (secondary N) is 2. The number of guanidine groups is 1. The number of pyridine rings is 1. The lowest BCUT2D eigenvalue weighted by atomic mass is 10.3. The number of nitrogens with zero attached hydrogens (tertiary/aromatic N) is 4. The van der Waals surface area contributed by atoms with Gasteiger partial charge in [-0.3, -0.25) is 4.68 Å². The molecule has 0 bridgehead atoms. The van der Waals surface area contributed by atoms with Crippen LogP contribution in [0.4, 0.5) is 0 Å². The summed E-state index contributed by atoms with van der Waals surface area (Å²) in [6.45, 7) is 9.27. The fourth-order valence-corrected chi connectivity index (χ4v) is 2.46. The Balaban J connectivity index is 0.00000312. The SMILES string of the molecule is CCNC(=NCc1ccc(Cl)nc1)NCCCn1nc(C)cc1C.I. The third-order valence-corrected chi connectivity index (χ3v) is 3.72. The van der Waals surface area contributed by atoms with Gasteiger partial charge in [-0.15, -0.1) is 24.0 Å². The van der Waals surface area contributed by atoms with Crippen LogP contribution in [0.3, 0.4) is 0 Å². The van der Waals surface area contributed by atoms with Gasteiger partial charge in [0.1, 0.15) is 5.15 Å². The summed E-state index contributed by atoms with van der Waals surface area (Å²) in [5.74, 6) is 0.806. The summed E-state index contributed by atoms with van der Waals surface area (Å²) in [5, 5.41) is 11.6. The molecule has 0 spiro atoms.